The average Bonchev–Trinajstić information content (AvgIpc) is 2.38. The van der Waals surface area contributed by atoms with Crippen LogP contribution in [0.4, 0.5) is 11.6 Å². The maximum atomic E-state index is 11.1. The van der Waals surface area contributed by atoms with Gasteiger partial charge in [0.25, 0.3) is 0 Å². The van der Waals surface area contributed by atoms with Crippen LogP contribution in [0.25, 0.3) is 11.1 Å². The van der Waals surface area contributed by atoms with E-state index in [1.165, 1.54) is 25.4 Å². The molecule has 2 aromatic heterocycles. The summed E-state index contributed by atoms with van der Waals surface area (Å²) in [5.41, 5.74) is 6.83. The van der Waals surface area contributed by atoms with E-state index in [1.807, 2.05) is 0 Å². The lowest BCUT2D eigenvalue weighted by Crippen LogP contribution is -2.07. The van der Waals surface area contributed by atoms with Gasteiger partial charge in [-0.3, -0.25) is 4.79 Å². The molecule has 0 saturated carbocycles. The van der Waals surface area contributed by atoms with Crippen LogP contribution in [0, 0.1) is 0 Å². The van der Waals surface area contributed by atoms with E-state index in [2.05, 4.69) is 15.3 Å². The molecule has 2 aromatic rings. The third-order valence-corrected chi connectivity index (χ3v) is 3.17. The number of hydrogen-bond acceptors (Lipinski definition) is 5. The molecule has 8 heteroatoms. The first kappa shape index (κ1) is 14.1. The predicted molar refractivity (Wildman–Crippen MR) is 75.2 cm³/mol. The smallest absolute Gasteiger partial charge is 0.222 e. The molecule has 2 rings (SSSR count). The van der Waals surface area contributed by atoms with Gasteiger partial charge in [-0.05, 0) is 23.8 Å². The number of nitrogens with two attached hydrogens (primary N) is 1. The number of nitrogen functional groups attached to an aromatic ring is 1. The molecular formula is C12H12N4O3S. The van der Waals surface area contributed by atoms with Crippen LogP contribution in [0.15, 0.2) is 35.5 Å². The Labute approximate surface area is 117 Å². The first-order valence-electron chi connectivity index (χ1n) is 5.58. The highest BCUT2D eigenvalue weighted by Gasteiger charge is 2.10. The van der Waals surface area contributed by atoms with Crippen molar-refractivity contribution >= 4 is 28.6 Å². The minimum absolute atomic E-state index is 0.00530. The van der Waals surface area contributed by atoms with E-state index >= 15 is 0 Å². The molecule has 7 nitrogen and oxygen atoms in total. The molecule has 1 unspecified atom stereocenters. The third-order valence-electron chi connectivity index (χ3n) is 2.47. The van der Waals surface area contributed by atoms with Crippen LogP contribution in [0.2, 0.25) is 0 Å². The zero-order chi connectivity index (χ0) is 14.7. The fourth-order valence-corrected chi connectivity index (χ4v) is 2.07. The Kier molecular flexibility index (Phi) is 4.06. The van der Waals surface area contributed by atoms with Crippen molar-refractivity contribution in [2.75, 3.05) is 11.1 Å². The highest BCUT2D eigenvalue weighted by molar-refractivity contribution is 7.79. The number of nitrogens with one attached hydrogen (secondary N) is 1. The lowest BCUT2D eigenvalue weighted by Gasteiger charge is -2.07. The molecule has 0 aliphatic carbocycles. The Morgan fingerprint density at radius 1 is 1.35 bits per heavy atom. The van der Waals surface area contributed by atoms with Crippen LogP contribution >= 0.6 is 0 Å². The molecular weight excluding hydrogens is 280 g/mol. The number of aromatic nitrogens is 2. The molecule has 0 fully saturated rings. The molecule has 0 aliphatic heterocycles. The zero-order valence-electron chi connectivity index (χ0n) is 10.5. The van der Waals surface area contributed by atoms with E-state index in [9.17, 15) is 9.00 Å². The second-order valence-corrected chi connectivity index (χ2v) is 4.91. The quantitative estimate of drug-likeness (QED) is 0.733. The lowest BCUT2D eigenvalue weighted by molar-refractivity contribution is -0.114. The van der Waals surface area contributed by atoms with Gasteiger partial charge in [-0.1, -0.05) is 0 Å². The van der Waals surface area contributed by atoms with E-state index in [0.29, 0.717) is 16.9 Å². The van der Waals surface area contributed by atoms with Crippen molar-refractivity contribution in [3.63, 3.8) is 0 Å². The largest absolute Gasteiger partial charge is 0.383 e. The lowest BCUT2D eigenvalue weighted by atomic mass is 10.1. The second kappa shape index (κ2) is 5.76. The van der Waals surface area contributed by atoms with Crippen LogP contribution in [0.1, 0.15) is 6.92 Å². The van der Waals surface area contributed by atoms with Crippen molar-refractivity contribution in [2.24, 2.45) is 0 Å². The highest BCUT2D eigenvalue weighted by Crippen LogP contribution is 2.24. The second-order valence-electron chi connectivity index (χ2n) is 3.97. The van der Waals surface area contributed by atoms with Gasteiger partial charge in [-0.25, -0.2) is 14.2 Å². The summed E-state index contributed by atoms with van der Waals surface area (Å²) < 4.78 is 20.3. The molecule has 0 aliphatic rings. The van der Waals surface area contributed by atoms with Gasteiger partial charge in [0.1, 0.15) is 16.5 Å². The number of carbonyl (C=O) groups excluding carboxylic acids is 1. The van der Waals surface area contributed by atoms with Crippen LogP contribution < -0.4 is 11.1 Å². The number of amides is 1. The van der Waals surface area contributed by atoms with Crippen molar-refractivity contribution in [2.45, 2.75) is 11.8 Å². The van der Waals surface area contributed by atoms with Crippen LogP contribution in [0.3, 0.4) is 0 Å². The molecule has 0 saturated heterocycles. The fourth-order valence-electron chi connectivity index (χ4n) is 1.61. The number of nitrogens with zero attached hydrogens (tertiary/aromatic N) is 2. The number of rotatable bonds is 3. The summed E-state index contributed by atoms with van der Waals surface area (Å²) in [6.07, 6.45) is 3.01. The number of anilines is 2. The van der Waals surface area contributed by atoms with Gasteiger partial charge in [-0.2, -0.15) is 0 Å². The Morgan fingerprint density at radius 3 is 2.75 bits per heavy atom. The number of carbonyl (C=O) groups is 1. The topological polar surface area (TPSA) is 118 Å². The van der Waals surface area contributed by atoms with Gasteiger partial charge >= 0.3 is 0 Å². The maximum absolute atomic E-state index is 11.1. The molecule has 1 amide bonds. The maximum Gasteiger partial charge on any atom is 0.222 e. The minimum Gasteiger partial charge on any atom is -0.383 e. The monoisotopic (exact) mass is 292 g/mol. The van der Waals surface area contributed by atoms with Gasteiger partial charge < -0.3 is 15.6 Å². The number of pyridine rings is 2. The summed E-state index contributed by atoms with van der Waals surface area (Å²) in [5.74, 6) is 0.159. The van der Waals surface area contributed by atoms with Crippen molar-refractivity contribution < 1.29 is 13.6 Å². The summed E-state index contributed by atoms with van der Waals surface area (Å²) in [6.45, 7) is 1.38. The third kappa shape index (κ3) is 3.16. The first-order chi connectivity index (χ1) is 9.47. The van der Waals surface area contributed by atoms with Crippen molar-refractivity contribution in [3.8, 4) is 11.1 Å². The molecule has 0 spiro atoms. The van der Waals surface area contributed by atoms with Gasteiger partial charge in [-0.15, -0.1) is 0 Å². The molecule has 4 N–H and O–H groups in total. The highest BCUT2D eigenvalue weighted by atomic mass is 32.2. The average molecular weight is 292 g/mol. The molecule has 0 radical (unpaired) electrons. The summed E-state index contributed by atoms with van der Waals surface area (Å²) >= 11 is -2.21. The van der Waals surface area contributed by atoms with Crippen molar-refractivity contribution in [3.05, 3.63) is 30.6 Å². The molecule has 104 valence electrons. The van der Waals surface area contributed by atoms with E-state index in [-0.39, 0.29) is 16.6 Å². The van der Waals surface area contributed by atoms with E-state index in [1.54, 1.807) is 12.1 Å². The van der Waals surface area contributed by atoms with Gasteiger partial charge in [0.2, 0.25) is 5.91 Å². The van der Waals surface area contributed by atoms with Gasteiger partial charge in [0.05, 0.1) is 0 Å². The normalized spacial score (nSPS) is 11.9. The van der Waals surface area contributed by atoms with E-state index in [4.69, 9.17) is 10.3 Å². The van der Waals surface area contributed by atoms with Crippen LogP contribution in [-0.2, 0) is 15.9 Å². The van der Waals surface area contributed by atoms with Crippen LogP contribution in [0.5, 0.6) is 0 Å². The molecule has 1 atom stereocenters. The Bertz CT molecular complexity index is 690. The van der Waals surface area contributed by atoms with Crippen molar-refractivity contribution in [1.29, 1.82) is 0 Å². The molecule has 2 heterocycles. The fraction of sp³-hybridized carbons (Fsp3) is 0.0833. The minimum atomic E-state index is -2.21. The number of hydrogen-bond donors (Lipinski definition) is 3. The summed E-state index contributed by atoms with van der Waals surface area (Å²) in [7, 11) is 0. The molecule has 0 bridgehead atoms. The SMILES string of the molecule is CC(=O)Nc1cc(-c2cnc(N)c(S(=O)O)c2)ccn1. The molecule has 20 heavy (non-hydrogen) atoms. The molecule has 0 aromatic carbocycles. The van der Waals surface area contributed by atoms with Crippen molar-refractivity contribution in [1.82, 2.24) is 9.97 Å². The summed E-state index contributed by atoms with van der Waals surface area (Å²) in [5, 5.41) is 2.56. The summed E-state index contributed by atoms with van der Waals surface area (Å²) in [4.78, 5) is 18.9. The Balaban J connectivity index is 2.43. The predicted octanol–water partition coefficient (Wildman–Crippen LogP) is 1.26. The van der Waals surface area contributed by atoms with Crippen LogP contribution in [-0.4, -0.2) is 24.6 Å². The summed E-state index contributed by atoms with van der Waals surface area (Å²) in [6, 6.07) is 4.81. The van der Waals surface area contributed by atoms with E-state index < -0.39 is 11.1 Å². The first-order valence-corrected chi connectivity index (χ1v) is 6.68. The Hall–Kier alpha value is -2.32. The van der Waals surface area contributed by atoms with E-state index in [0.717, 1.165) is 0 Å². The van der Waals surface area contributed by atoms with Gasteiger partial charge in [0, 0.05) is 24.9 Å². The standard InChI is InChI=1S/C12H12N4O3S/c1-7(17)16-11-5-8(2-3-14-11)9-4-10(20(18)19)12(13)15-6-9/h2-6H,1H3,(H2,13,15)(H,18,19)(H,14,16,17). The Morgan fingerprint density at radius 2 is 2.10 bits per heavy atom. The van der Waals surface area contributed by atoms with Gasteiger partial charge in [0.15, 0.2) is 11.1 Å². The zero-order valence-corrected chi connectivity index (χ0v) is 11.3.